The maximum atomic E-state index is 12.7. The van der Waals surface area contributed by atoms with Gasteiger partial charge in [0.2, 0.25) is 12.4 Å². The van der Waals surface area contributed by atoms with E-state index in [1.165, 1.54) is 17.0 Å². The number of carbonyl (C=O) groups excluding carboxylic acids is 5. The molecule has 0 aromatic heterocycles. The van der Waals surface area contributed by atoms with Crippen molar-refractivity contribution in [1.82, 2.24) is 4.90 Å². The highest BCUT2D eigenvalue weighted by Crippen LogP contribution is 2.34. The van der Waals surface area contributed by atoms with Crippen molar-refractivity contribution in [2.45, 2.75) is 58.4 Å². The number of esters is 4. The molecule has 0 bridgehead atoms. The van der Waals surface area contributed by atoms with Crippen molar-refractivity contribution in [3.8, 4) is 11.5 Å². The number of aromatic hydroxyl groups is 1. The number of hydrogen-bond acceptors (Lipinski definition) is 14. The van der Waals surface area contributed by atoms with Crippen LogP contribution in [0.25, 0.3) is 0 Å². The molecule has 1 saturated heterocycles. The van der Waals surface area contributed by atoms with Crippen LogP contribution in [0, 0.1) is 0 Å². The molecule has 0 aliphatic carbocycles. The summed E-state index contributed by atoms with van der Waals surface area (Å²) < 4.78 is 32.5. The number of benzene rings is 1. The maximum absolute atomic E-state index is 12.7. The summed E-state index contributed by atoms with van der Waals surface area (Å²) in [6.07, 6.45) is -7.24. The van der Waals surface area contributed by atoms with Gasteiger partial charge in [0.05, 0.1) is 13.2 Å². The summed E-state index contributed by atoms with van der Waals surface area (Å²) in [5.74, 6) is -4.51. The van der Waals surface area contributed by atoms with E-state index < -0.39 is 72.8 Å². The van der Waals surface area contributed by atoms with E-state index in [1.807, 2.05) is 0 Å². The van der Waals surface area contributed by atoms with Crippen LogP contribution in [0.2, 0.25) is 0 Å². The van der Waals surface area contributed by atoms with Crippen molar-refractivity contribution in [2.75, 3.05) is 32.9 Å². The predicted octanol–water partition coefficient (Wildman–Crippen LogP) is -0.719. The summed E-state index contributed by atoms with van der Waals surface area (Å²) in [6, 6.07) is 3.59. The molecule has 1 aliphatic rings. The Balaban J connectivity index is 2.45. The Labute approximate surface area is 229 Å². The van der Waals surface area contributed by atoms with Gasteiger partial charge in [-0.05, 0) is 18.2 Å². The van der Waals surface area contributed by atoms with Crippen LogP contribution in [-0.2, 0) is 42.9 Å². The number of amides is 1. The van der Waals surface area contributed by atoms with Crippen LogP contribution in [0.5, 0.6) is 11.5 Å². The lowest BCUT2D eigenvalue weighted by molar-refractivity contribution is -0.288. The summed E-state index contributed by atoms with van der Waals surface area (Å²) in [7, 11) is 0. The van der Waals surface area contributed by atoms with Crippen LogP contribution in [0.4, 0.5) is 0 Å². The van der Waals surface area contributed by atoms with E-state index in [2.05, 4.69) is 0 Å². The SMILES string of the molecule is CC(=O)OCC1OC(Oc2ccc(C(=O)N(CCO)CCO)cc2O)C(OC(C)=O)C(OC(C)=O)C1OC(C)=O. The smallest absolute Gasteiger partial charge is 0.303 e. The van der Waals surface area contributed by atoms with Gasteiger partial charge < -0.3 is 48.6 Å². The summed E-state index contributed by atoms with van der Waals surface area (Å²) in [6.45, 7) is 3.08. The van der Waals surface area contributed by atoms with Crippen molar-refractivity contribution in [1.29, 1.82) is 0 Å². The van der Waals surface area contributed by atoms with Gasteiger partial charge in [-0.3, -0.25) is 24.0 Å². The second kappa shape index (κ2) is 15.0. The molecule has 0 spiro atoms. The second-order valence-electron chi connectivity index (χ2n) is 8.61. The van der Waals surface area contributed by atoms with E-state index in [1.54, 1.807) is 0 Å². The van der Waals surface area contributed by atoms with E-state index in [9.17, 15) is 39.3 Å². The van der Waals surface area contributed by atoms with Crippen molar-refractivity contribution < 1.29 is 67.7 Å². The summed E-state index contributed by atoms with van der Waals surface area (Å²) >= 11 is 0. The first kappa shape index (κ1) is 32.3. The maximum Gasteiger partial charge on any atom is 0.303 e. The Kier molecular flexibility index (Phi) is 12.1. The molecule has 5 unspecified atom stereocenters. The molecule has 0 saturated carbocycles. The Morgan fingerprint density at radius 2 is 1.38 bits per heavy atom. The zero-order valence-corrected chi connectivity index (χ0v) is 22.4. The predicted molar refractivity (Wildman–Crippen MR) is 131 cm³/mol. The van der Waals surface area contributed by atoms with Gasteiger partial charge in [-0.15, -0.1) is 0 Å². The van der Waals surface area contributed by atoms with Crippen LogP contribution in [0.1, 0.15) is 38.1 Å². The highest BCUT2D eigenvalue weighted by Gasteiger charge is 2.53. The molecule has 0 radical (unpaired) electrons. The first-order chi connectivity index (χ1) is 18.9. The van der Waals surface area contributed by atoms with E-state index >= 15 is 0 Å². The molecule has 1 fully saturated rings. The molecule has 2 rings (SSSR count). The first-order valence-corrected chi connectivity index (χ1v) is 12.2. The van der Waals surface area contributed by atoms with Gasteiger partial charge in [0.15, 0.2) is 23.7 Å². The number of ether oxygens (including phenoxy) is 6. The van der Waals surface area contributed by atoms with Gasteiger partial charge in [0, 0.05) is 46.3 Å². The zero-order chi connectivity index (χ0) is 30.0. The minimum absolute atomic E-state index is 0.00768. The Morgan fingerprint density at radius 3 is 1.88 bits per heavy atom. The monoisotopic (exact) mass is 571 g/mol. The molecule has 1 amide bonds. The fraction of sp³-hybridized carbons (Fsp3) is 0.560. The molecule has 1 heterocycles. The third-order valence-electron chi connectivity index (χ3n) is 5.42. The van der Waals surface area contributed by atoms with E-state index in [4.69, 9.17) is 28.4 Å². The van der Waals surface area contributed by atoms with Crippen molar-refractivity contribution in [3.63, 3.8) is 0 Å². The van der Waals surface area contributed by atoms with E-state index in [0.29, 0.717) is 0 Å². The molecule has 5 atom stereocenters. The van der Waals surface area contributed by atoms with Gasteiger partial charge in [0.1, 0.15) is 12.7 Å². The summed E-state index contributed by atoms with van der Waals surface area (Å²) in [5.41, 5.74) is 0.00768. The average molecular weight is 572 g/mol. The Bertz CT molecular complexity index is 1070. The number of aliphatic hydroxyl groups excluding tert-OH is 2. The second-order valence-corrected chi connectivity index (χ2v) is 8.61. The Morgan fingerprint density at radius 1 is 0.825 bits per heavy atom. The topological polar surface area (TPSA) is 205 Å². The molecule has 1 aromatic carbocycles. The normalized spacial score (nSPS) is 22.0. The number of carbonyl (C=O) groups is 5. The van der Waals surface area contributed by atoms with Crippen LogP contribution < -0.4 is 4.74 Å². The number of aliphatic hydroxyl groups is 2. The standard InChI is InChI=1S/C25H33NO14/c1-13(29)35-12-20-21(36-14(2)30)22(37-15(3)31)23(38-16(4)32)25(40-20)39-19-6-5-17(11-18(19)33)24(34)26(7-9-27)8-10-28/h5-6,11,20-23,25,27-28,33H,7-10,12H2,1-4H3. The van der Waals surface area contributed by atoms with Gasteiger partial charge in [-0.2, -0.15) is 0 Å². The Hall–Kier alpha value is -3.95. The van der Waals surface area contributed by atoms with Gasteiger partial charge in [-0.1, -0.05) is 0 Å². The van der Waals surface area contributed by atoms with Crippen molar-refractivity contribution in [2.24, 2.45) is 0 Å². The average Bonchev–Trinajstić information content (AvgIpc) is 2.86. The zero-order valence-electron chi connectivity index (χ0n) is 22.4. The largest absolute Gasteiger partial charge is 0.504 e. The molecule has 3 N–H and O–H groups in total. The van der Waals surface area contributed by atoms with E-state index in [-0.39, 0.29) is 37.6 Å². The minimum atomic E-state index is -1.59. The fourth-order valence-electron chi connectivity index (χ4n) is 3.90. The lowest BCUT2D eigenvalue weighted by atomic mass is 9.98. The van der Waals surface area contributed by atoms with Crippen LogP contribution in [-0.4, -0.2) is 114 Å². The quantitative estimate of drug-likeness (QED) is 0.209. The molecule has 222 valence electrons. The van der Waals surface area contributed by atoms with Gasteiger partial charge in [-0.25, -0.2) is 0 Å². The number of nitrogens with zero attached hydrogens (tertiary/aromatic N) is 1. The van der Waals surface area contributed by atoms with Crippen LogP contribution in [0.15, 0.2) is 18.2 Å². The molecule has 40 heavy (non-hydrogen) atoms. The van der Waals surface area contributed by atoms with E-state index in [0.717, 1.165) is 33.8 Å². The van der Waals surface area contributed by atoms with Crippen molar-refractivity contribution in [3.05, 3.63) is 23.8 Å². The number of hydrogen-bond donors (Lipinski definition) is 3. The third kappa shape index (κ3) is 9.07. The first-order valence-electron chi connectivity index (χ1n) is 12.2. The lowest BCUT2D eigenvalue weighted by Crippen LogP contribution is -2.63. The van der Waals surface area contributed by atoms with Crippen LogP contribution >= 0.6 is 0 Å². The van der Waals surface area contributed by atoms with Gasteiger partial charge in [0.25, 0.3) is 5.91 Å². The molecule has 15 nitrogen and oxygen atoms in total. The van der Waals surface area contributed by atoms with Crippen LogP contribution in [0.3, 0.4) is 0 Å². The fourth-order valence-corrected chi connectivity index (χ4v) is 3.90. The third-order valence-corrected chi connectivity index (χ3v) is 5.42. The molecular formula is C25H33NO14. The minimum Gasteiger partial charge on any atom is -0.504 e. The number of phenols is 1. The highest BCUT2D eigenvalue weighted by molar-refractivity contribution is 5.95. The summed E-state index contributed by atoms with van der Waals surface area (Å²) in [5, 5.41) is 29.0. The molecule has 1 aromatic rings. The molecule has 15 heteroatoms. The lowest BCUT2D eigenvalue weighted by Gasteiger charge is -2.43. The number of rotatable bonds is 12. The van der Waals surface area contributed by atoms with Gasteiger partial charge >= 0.3 is 23.9 Å². The summed E-state index contributed by atoms with van der Waals surface area (Å²) in [4.78, 5) is 61.1. The highest BCUT2D eigenvalue weighted by atomic mass is 16.7. The molecule has 1 aliphatic heterocycles. The molecular weight excluding hydrogens is 538 g/mol. The van der Waals surface area contributed by atoms with Crippen molar-refractivity contribution >= 4 is 29.8 Å². The number of phenolic OH excluding ortho intramolecular Hbond substituents is 1.